The van der Waals surface area contributed by atoms with Crippen molar-refractivity contribution in [2.24, 2.45) is 5.73 Å². The lowest BCUT2D eigenvalue weighted by molar-refractivity contribution is -0.115. The Hall–Kier alpha value is -12.2. The summed E-state index contributed by atoms with van der Waals surface area (Å²) in [7, 11) is 32.8. The summed E-state index contributed by atoms with van der Waals surface area (Å²) in [6.45, 7) is 0. The molecule has 0 saturated carbocycles. The quantitative estimate of drug-likeness (QED) is 0.0277. The third-order valence-corrected chi connectivity index (χ3v) is 30.2. The monoisotopic (exact) mass is 1700 g/mol. The molecule has 0 atom stereocenters. The average molecular weight is 1700 g/mol. The lowest BCUT2D eigenvalue weighted by atomic mass is 10.3. The van der Waals surface area contributed by atoms with Gasteiger partial charge in [0.15, 0.2) is 176 Å². The lowest BCUT2D eigenvalue weighted by Crippen LogP contribution is -2.41. The zero-order chi connectivity index (χ0) is 86.9. The van der Waals surface area contributed by atoms with Crippen LogP contribution >= 0.6 is 22.4 Å². The summed E-state index contributed by atoms with van der Waals surface area (Å²) in [5, 5.41) is 5.40. The van der Waals surface area contributed by atoms with Crippen molar-refractivity contribution in [3.05, 3.63) is 115 Å². The number of nitrogens with two attached hydrogens (primary N) is 1. The van der Waals surface area contributed by atoms with Crippen LogP contribution in [-0.4, -0.2) is 210 Å². The maximum Gasteiger partial charge on any atom is 0.256 e. The van der Waals surface area contributed by atoms with E-state index in [0.29, 0.717) is 187 Å². The largest absolute Gasteiger partial charge is 0.496 e. The number of hydrogen-bond acceptors (Lipinski definition) is 29. The normalized spacial score (nSPS) is 10.7. The smallest absolute Gasteiger partial charge is 0.256 e. The standard InChI is InChI=1S/C29H36NO10P.C29H34O10P.C27H33O9P/c1-32-17-10-20(35-4)27(21(11-17)36-5)41(16-26(30)31,28-22(37-6)12-18(33-2)13-23(28)38-7)29-24(39-8)14-19(34-3)15-25(29)40-9;1-31-18-12-21(34-4)27(22(13-18)35-5)40(11-10-30,28-23(36-6)14-19(32-2)15-24(28)37-7)29-25(38-8)16-20(33-3)17-26(29)39-9;1-28-16-10-19(31-4)25(20(11-16)32-5)37(26-21(33-6)12-17(29-2)13-22(26)34-7)27-23(35-8)14-18(30-3)15-24(27)36-9/h10-15H,16H2,1-9H3,(H-,30,31);11-17H,1-9H3;10-15H,1-9H3/q;+1;/p+2. The molecule has 0 fully saturated rings. The minimum atomic E-state index is -3.43. The van der Waals surface area contributed by atoms with Gasteiger partial charge in [0.1, 0.15) is 66.9 Å². The van der Waals surface area contributed by atoms with Crippen molar-refractivity contribution in [3.63, 3.8) is 0 Å². The van der Waals surface area contributed by atoms with Gasteiger partial charge in [-0.05, 0) is 0 Å². The highest BCUT2D eigenvalue weighted by molar-refractivity contribution is 7.99. The minimum absolute atomic E-state index is 0.218. The predicted octanol–water partition coefficient (Wildman–Crippen LogP) is 9.20. The Balaban J connectivity index is 0.000000245. The van der Waals surface area contributed by atoms with Gasteiger partial charge in [-0.25, -0.2) is 4.79 Å². The molecule has 118 heavy (non-hydrogen) atoms. The third kappa shape index (κ3) is 18.6. The molecule has 0 aromatic heterocycles. The summed E-state index contributed by atoms with van der Waals surface area (Å²) in [5.74, 6) is 15.3. The Morgan fingerprint density at radius 1 is 0.246 bits per heavy atom. The maximum atomic E-state index is 13.2. The Bertz CT molecular complexity index is 4310. The van der Waals surface area contributed by atoms with Crippen LogP contribution < -0.4 is 181 Å². The van der Waals surface area contributed by atoms with Gasteiger partial charge in [-0.15, -0.1) is 0 Å². The van der Waals surface area contributed by atoms with Crippen LogP contribution in [0.15, 0.2) is 115 Å². The molecule has 30 nitrogen and oxygen atoms in total. The molecule has 0 heterocycles. The Morgan fingerprint density at radius 2 is 0.381 bits per heavy atom. The van der Waals surface area contributed by atoms with E-state index in [-0.39, 0.29) is 6.16 Å². The number of amides is 1. The first-order chi connectivity index (χ1) is 57.0. The molecule has 9 rings (SSSR count). The number of ether oxygens (including phenoxy) is 27. The SMILES string of the molecule is COc1cc(OC)c([P+](C=C=O)(c2c(OC)cc(OC)cc2OC)c2c(OC)cc(OC)cc2OC)c(OC)c1.COc1cc(OC)c([P+](CC(N)=O)(c2c(OC)cc(OC)cc2OC)c2c(OC)cc(OC)cc2OC)c(OC)c1.COc1cc(OC)c([PH+](c2c(OC)cc(OC)cc2OC)c2c(OC)cc(OC)cc2OC)c(OC)c1. The van der Waals surface area contributed by atoms with Gasteiger partial charge in [-0.1, -0.05) is 0 Å². The van der Waals surface area contributed by atoms with Crippen LogP contribution in [0.3, 0.4) is 0 Å². The van der Waals surface area contributed by atoms with Crippen LogP contribution in [0.1, 0.15) is 0 Å². The van der Waals surface area contributed by atoms with Gasteiger partial charge in [0, 0.05) is 109 Å². The number of hydrogen-bond donors (Lipinski definition) is 1. The maximum absolute atomic E-state index is 13.2. The topological polar surface area (TPSA) is 309 Å². The second-order valence-electron chi connectivity index (χ2n) is 24.3. The van der Waals surface area contributed by atoms with Crippen molar-refractivity contribution in [1.29, 1.82) is 0 Å². The van der Waals surface area contributed by atoms with Crippen molar-refractivity contribution in [2.75, 3.05) is 198 Å². The fourth-order valence-electron chi connectivity index (χ4n) is 13.6. The van der Waals surface area contributed by atoms with E-state index in [1.165, 1.54) is 134 Å². The van der Waals surface area contributed by atoms with Crippen LogP contribution in [0.4, 0.5) is 0 Å². The molecule has 0 saturated heterocycles. The number of methoxy groups -OCH3 is 27. The lowest BCUT2D eigenvalue weighted by Gasteiger charge is -2.32. The van der Waals surface area contributed by atoms with E-state index >= 15 is 0 Å². The molecule has 0 bridgehead atoms. The molecule has 0 aliphatic carbocycles. The van der Waals surface area contributed by atoms with Crippen molar-refractivity contribution in [2.45, 2.75) is 0 Å². The summed E-state index contributed by atoms with van der Waals surface area (Å²) < 4.78 is 156. The Labute approximate surface area is 690 Å². The van der Waals surface area contributed by atoms with Crippen LogP contribution in [0.2, 0.25) is 0 Å². The van der Waals surface area contributed by atoms with Gasteiger partial charge in [-0.3, -0.25) is 4.79 Å². The molecule has 0 radical (unpaired) electrons. The summed E-state index contributed by atoms with van der Waals surface area (Å²) in [6, 6.07) is 31.3. The van der Waals surface area contributed by atoms with Gasteiger partial charge in [0.2, 0.25) is 0 Å². The Kier molecular flexibility index (Phi) is 34.0. The highest BCUT2D eigenvalue weighted by atomic mass is 31.2. The first kappa shape index (κ1) is 93.0. The first-order valence-corrected chi connectivity index (χ1v) is 40.8. The second kappa shape index (κ2) is 43.1. The fourth-order valence-corrected chi connectivity index (χ4v) is 26.0. The number of rotatable bonds is 39. The summed E-state index contributed by atoms with van der Waals surface area (Å²) in [5.41, 5.74) is 6.08. The van der Waals surface area contributed by atoms with Gasteiger partial charge >= 0.3 is 0 Å². The van der Waals surface area contributed by atoms with Crippen molar-refractivity contribution < 1.29 is 137 Å². The number of benzene rings is 9. The van der Waals surface area contributed by atoms with Gasteiger partial charge in [0.25, 0.3) is 5.91 Å². The molecule has 0 spiro atoms. The van der Waals surface area contributed by atoms with Crippen molar-refractivity contribution in [1.82, 2.24) is 0 Å². The summed E-state index contributed by atoms with van der Waals surface area (Å²) in [4.78, 5) is 25.9. The molecule has 636 valence electrons. The molecule has 0 aliphatic heterocycles. The third-order valence-electron chi connectivity index (χ3n) is 18.9. The molecule has 2 N–H and O–H groups in total. The molecule has 9 aromatic carbocycles. The average Bonchev–Trinajstić information content (AvgIpc) is 0.712. The van der Waals surface area contributed by atoms with Gasteiger partial charge in [0.05, 0.1) is 192 Å². The van der Waals surface area contributed by atoms with Crippen LogP contribution in [0.25, 0.3) is 0 Å². The molecule has 33 heteroatoms. The minimum Gasteiger partial charge on any atom is -0.496 e. The predicted molar refractivity (Wildman–Crippen MR) is 458 cm³/mol. The van der Waals surface area contributed by atoms with E-state index in [4.69, 9.17) is 134 Å². The number of carbonyl (C=O) groups is 1. The van der Waals surface area contributed by atoms with Crippen molar-refractivity contribution in [3.8, 4) is 155 Å². The van der Waals surface area contributed by atoms with Gasteiger partial charge in [-0.2, -0.15) is 0 Å². The number of carbonyl (C=O) groups excluding carboxylic acids is 2. The summed E-state index contributed by atoms with van der Waals surface area (Å²) >= 11 is 0. The molecule has 0 unspecified atom stereocenters. The molecular formula is C85H105NO29P3+3. The zero-order valence-corrected chi connectivity index (χ0v) is 74.3. The van der Waals surface area contributed by atoms with E-state index < -0.39 is 28.4 Å². The molecule has 1 amide bonds. The zero-order valence-electron chi connectivity index (χ0n) is 71.5. The van der Waals surface area contributed by atoms with Crippen LogP contribution in [0, 0.1) is 0 Å². The summed E-state index contributed by atoms with van der Waals surface area (Å²) in [6.07, 6.45) is -0.218. The number of primary amides is 1. The van der Waals surface area contributed by atoms with E-state index in [1.807, 2.05) is 42.3 Å². The van der Waals surface area contributed by atoms with E-state index in [1.54, 1.807) is 137 Å². The molecular weight excluding hydrogens is 1590 g/mol. The van der Waals surface area contributed by atoms with E-state index in [9.17, 15) is 9.59 Å². The van der Waals surface area contributed by atoms with E-state index in [0.717, 1.165) is 15.9 Å². The van der Waals surface area contributed by atoms with E-state index in [2.05, 4.69) is 0 Å². The highest BCUT2D eigenvalue weighted by Crippen LogP contribution is 2.69. The molecule has 9 aromatic rings. The van der Waals surface area contributed by atoms with Crippen molar-refractivity contribution >= 4 is 82.0 Å². The van der Waals surface area contributed by atoms with Crippen LogP contribution in [0.5, 0.6) is 155 Å². The molecule has 0 aliphatic rings. The Morgan fingerprint density at radius 3 is 0.500 bits per heavy atom. The first-order valence-electron chi connectivity index (χ1n) is 35.4. The van der Waals surface area contributed by atoms with Crippen LogP contribution in [-0.2, 0) is 9.59 Å². The second-order valence-corrected chi connectivity index (χ2v) is 32.9. The highest BCUT2D eigenvalue weighted by Gasteiger charge is 2.61. The fraction of sp³-hybridized carbons (Fsp3) is 0.329. The van der Waals surface area contributed by atoms with Gasteiger partial charge < -0.3 is 134 Å².